The van der Waals surface area contributed by atoms with Gasteiger partial charge < -0.3 is 9.88 Å². The number of halogens is 2. The van der Waals surface area contributed by atoms with Gasteiger partial charge in [0.1, 0.15) is 0 Å². The van der Waals surface area contributed by atoms with E-state index < -0.39 is 0 Å². The van der Waals surface area contributed by atoms with Gasteiger partial charge in [0.25, 0.3) is 5.91 Å². The van der Waals surface area contributed by atoms with Crippen molar-refractivity contribution in [2.24, 2.45) is 7.05 Å². The highest BCUT2D eigenvalue weighted by atomic mass is 35.5. The van der Waals surface area contributed by atoms with Gasteiger partial charge in [-0.2, -0.15) is 0 Å². The Morgan fingerprint density at radius 2 is 1.76 bits per heavy atom. The Kier molecular flexibility index (Phi) is 8.06. The van der Waals surface area contributed by atoms with E-state index in [0.717, 1.165) is 37.9 Å². The van der Waals surface area contributed by atoms with E-state index in [0.29, 0.717) is 6.54 Å². The van der Waals surface area contributed by atoms with E-state index in [-0.39, 0.29) is 27.6 Å². The molecule has 0 fully saturated rings. The Balaban J connectivity index is 1.22. The van der Waals surface area contributed by atoms with Crippen LogP contribution < -0.4 is 5.32 Å². The molecular formula is C33H31Cl2N5O. The van der Waals surface area contributed by atoms with Crippen molar-refractivity contribution in [2.75, 3.05) is 0 Å². The van der Waals surface area contributed by atoms with Crippen molar-refractivity contribution in [3.8, 4) is 0 Å². The monoisotopic (exact) mass is 583 g/mol. The fourth-order valence-corrected chi connectivity index (χ4v) is 6.42. The maximum atomic E-state index is 12.7. The average Bonchev–Trinajstić information content (AvgIpc) is 3.31. The maximum absolute atomic E-state index is 12.7. The van der Waals surface area contributed by atoms with Crippen LogP contribution in [0.1, 0.15) is 57.2 Å². The number of amides is 1. The van der Waals surface area contributed by atoms with Crippen molar-refractivity contribution in [3.63, 3.8) is 0 Å². The summed E-state index contributed by atoms with van der Waals surface area (Å²) in [5.74, 6) is -0.323. The highest BCUT2D eigenvalue weighted by Crippen LogP contribution is 2.36. The van der Waals surface area contributed by atoms with E-state index in [2.05, 4.69) is 87.6 Å². The zero-order valence-electron chi connectivity index (χ0n) is 22.9. The summed E-state index contributed by atoms with van der Waals surface area (Å²) >= 11 is 12.3. The van der Waals surface area contributed by atoms with Gasteiger partial charge in [0.2, 0.25) is 0 Å². The van der Waals surface area contributed by atoms with Gasteiger partial charge in [-0.15, -0.1) is 0 Å². The number of hydrogen-bond acceptors (Lipinski definition) is 4. The predicted molar refractivity (Wildman–Crippen MR) is 164 cm³/mol. The van der Waals surface area contributed by atoms with Gasteiger partial charge in [-0.05, 0) is 53.6 Å². The summed E-state index contributed by atoms with van der Waals surface area (Å²) in [4.78, 5) is 24.0. The zero-order valence-corrected chi connectivity index (χ0v) is 24.4. The lowest BCUT2D eigenvalue weighted by Gasteiger charge is -2.35. The Morgan fingerprint density at radius 3 is 2.56 bits per heavy atom. The molecule has 1 aliphatic rings. The van der Waals surface area contributed by atoms with E-state index in [1.54, 1.807) is 0 Å². The van der Waals surface area contributed by atoms with Crippen LogP contribution in [0, 0.1) is 0 Å². The van der Waals surface area contributed by atoms with Crippen molar-refractivity contribution in [2.45, 2.75) is 44.9 Å². The minimum atomic E-state index is -0.323. The summed E-state index contributed by atoms with van der Waals surface area (Å²) in [7, 11) is 2.11. The van der Waals surface area contributed by atoms with Gasteiger partial charge in [-0.1, -0.05) is 71.7 Å². The summed E-state index contributed by atoms with van der Waals surface area (Å²) in [6.07, 6.45) is 10.3. The van der Waals surface area contributed by atoms with Gasteiger partial charge in [0.05, 0.1) is 27.3 Å². The first-order valence-electron chi connectivity index (χ1n) is 13.8. The van der Waals surface area contributed by atoms with Gasteiger partial charge in [-0.25, -0.2) is 0 Å². The van der Waals surface area contributed by atoms with Crippen molar-refractivity contribution >= 4 is 40.0 Å². The van der Waals surface area contributed by atoms with E-state index in [9.17, 15) is 4.79 Å². The molecular weight excluding hydrogens is 553 g/mol. The van der Waals surface area contributed by atoms with Crippen LogP contribution in [0.3, 0.4) is 0 Å². The van der Waals surface area contributed by atoms with Gasteiger partial charge in [0, 0.05) is 62.4 Å². The summed E-state index contributed by atoms with van der Waals surface area (Å²) in [6.45, 7) is 1.99. The standard InChI is InChI=1S/C33H31Cl2N5O/c1-39-20-25(26-8-2-3-9-29(26)39)21-40(30-10-4-6-24-7-5-15-37-32(24)30)19-23-13-11-22(12-14-23)16-38-33(41)31-27(34)17-36-18-28(31)35/h2-3,5,7-9,11-15,17-18,20,30H,4,6,10,16,19,21H2,1H3,(H,38,41). The number of aromatic nitrogens is 3. The first-order chi connectivity index (χ1) is 20.0. The van der Waals surface area contributed by atoms with Crippen molar-refractivity contribution in [1.29, 1.82) is 0 Å². The summed E-state index contributed by atoms with van der Waals surface area (Å²) in [5, 5.41) is 4.67. The molecule has 0 radical (unpaired) electrons. The molecule has 1 aliphatic carbocycles. The van der Waals surface area contributed by atoms with Crippen LogP contribution in [0.25, 0.3) is 10.9 Å². The molecule has 6 nitrogen and oxygen atoms in total. The Bertz CT molecular complexity index is 1680. The topological polar surface area (TPSA) is 63.0 Å². The lowest BCUT2D eigenvalue weighted by molar-refractivity contribution is 0.0951. The first kappa shape index (κ1) is 27.5. The highest BCUT2D eigenvalue weighted by molar-refractivity contribution is 6.39. The number of rotatable bonds is 8. The third-order valence-electron chi connectivity index (χ3n) is 7.90. The molecule has 1 unspecified atom stereocenters. The summed E-state index contributed by atoms with van der Waals surface area (Å²) in [6, 6.07) is 21.5. The Labute approximate surface area is 249 Å². The molecule has 2 aromatic carbocycles. The van der Waals surface area contributed by atoms with Crippen molar-refractivity contribution in [3.05, 3.63) is 129 Å². The van der Waals surface area contributed by atoms with Crippen LogP contribution in [0.2, 0.25) is 10.0 Å². The molecule has 8 heteroatoms. The molecule has 0 saturated heterocycles. The van der Waals surface area contributed by atoms with Crippen LogP contribution in [0.4, 0.5) is 0 Å². The van der Waals surface area contributed by atoms with Crippen molar-refractivity contribution < 1.29 is 4.79 Å². The molecule has 208 valence electrons. The number of fused-ring (bicyclic) bond motifs is 2. The first-order valence-corrected chi connectivity index (χ1v) is 14.6. The molecule has 6 rings (SSSR count). The molecule has 1 N–H and O–H groups in total. The second kappa shape index (κ2) is 12.0. The fourth-order valence-electron chi connectivity index (χ4n) is 5.88. The highest BCUT2D eigenvalue weighted by Gasteiger charge is 2.28. The van der Waals surface area contributed by atoms with Crippen LogP contribution >= 0.6 is 23.2 Å². The van der Waals surface area contributed by atoms with E-state index in [1.165, 1.54) is 45.7 Å². The molecule has 1 atom stereocenters. The van der Waals surface area contributed by atoms with Gasteiger partial charge in [0.15, 0.2) is 0 Å². The predicted octanol–water partition coefficient (Wildman–Crippen LogP) is 7.28. The molecule has 0 saturated carbocycles. The number of pyridine rings is 2. The number of aryl methyl sites for hydroxylation is 2. The van der Waals surface area contributed by atoms with Crippen LogP contribution in [-0.4, -0.2) is 25.3 Å². The SMILES string of the molecule is Cn1cc(CN(Cc2ccc(CNC(=O)c3c(Cl)cncc3Cl)cc2)C2CCCc3cccnc32)c2ccccc21. The van der Waals surface area contributed by atoms with E-state index >= 15 is 0 Å². The second-order valence-electron chi connectivity index (χ2n) is 10.6. The van der Waals surface area contributed by atoms with E-state index in [1.807, 2.05) is 12.3 Å². The normalized spacial score (nSPS) is 14.8. The fraction of sp³-hybridized carbons (Fsp3) is 0.242. The van der Waals surface area contributed by atoms with Crippen molar-refractivity contribution in [1.82, 2.24) is 24.8 Å². The summed E-state index contributed by atoms with van der Waals surface area (Å²) in [5.41, 5.74) is 7.56. The third kappa shape index (κ3) is 5.87. The summed E-state index contributed by atoms with van der Waals surface area (Å²) < 4.78 is 2.21. The largest absolute Gasteiger partial charge is 0.350 e. The number of carbonyl (C=O) groups excluding carboxylic acids is 1. The molecule has 0 bridgehead atoms. The Morgan fingerprint density at radius 1 is 1.00 bits per heavy atom. The lowest BCUT2D eigenvalue weighted by Crippen LogP contribution is -2.31. The maximum Gasteiger partial charge on any atom is 0.254 e. The number of benzene rings is 2. The Hall–Kier alpha value is -3.71. The molecule has 5 aromatic rings. The molecule has 0 aliphatic heterocycles. The molecule has 3 aromatic heterocycles. The zero-order chi connectivity index (χ0) is 28.3. The van der Waals surface area contributed by atoms with Gasteiger partial charge in [-0.3, -0.25) is 19.7 Å². The lowest BCUT2D eigenvalue weighted by atomic mass is 9.90. The minimum Gasteiger partial charge on any atom is -0.350 e. The number of hydrogen-bond donors (Lipinski definition) is 1. The number of para-hydroxylation sites is 1. The second-order valence-corrected chi connectivity index (χ2v) is 11.4. The minimum absolute atomic E-state index is 0.232. The third-order valence-corrected chi connectivity index (χ3v) is 8.47. The average molecular weight is 585 g/mol. The molecule has 1 amide bonds. The smallest absolute Gasteiger partial charge is 0.254 e. The molecule has 41 heavy (non-hydrogen) atoms. The molecule has 0 spiro atoms. The molecule has 3 heterocycles. The van der Waals surface area contributed by atoms with Crippen LogP contribution in [-0.2, 0) is 33.1 Å². The quantitative estimate of drug-likeness (QED) is 0.208. The number of nitrogens with one attached hydrogen (secondary N) is 1. The number of carbonyl (C=O) groups is 1. The van der Waals surface area contributed by atoms with Gasteiger partial charge >= 0.3 is 0 Å². The number of nitrogens with zero attached hydrogens (tertiary/aromatic N) is 4. The van der Waals surface area contributed by atoms with Crippen LogP contribution in [0.15, 0.2) is 85.5 Å². The van der Waals surface area contributed by atoms with Crippen LogP contribution in [0.5, 0.6) is 0 Å². The van der Waals surface area contributed by atoms with E-state index in [4.69, 9.17) is 28.2 Å².